The van der Waals surface area contributed by atoms with Gasteiger partial charge in [-0.2, -0.15) is 0 Å². The van der Waals surface area contributed by atoms with Gasteiger partial charge >= 0.3 is 0 Å². The molecule has 0 rings (SSSR count). The van der Waals surface area contributed by atoms with Crippen molar-refractivity contribution in [2.75, 3.05) is 13.3 Å². The highest BCUT2D eigenvalue weighted by molar-refractivity contribution is 4.25. The number of hydrogen-bond donors (Lipinski definition) is 1. The van der Waals surface area contributed by atoms with Crippen molar-refractivity contribution in [1.82, 2.24) is 0 Å². The van der Waals surface area contributed by atoms with Crippen molar-refractivity contribution < 1.29 is 9.23 Å². The summed E-state index contributed by atoms with van der Waals surface area (Å²) in [6, 6.07) is 0. The summed E-state index contributed by atoms with van der Waals surface area (Å²) in [5, 5.41) is 0. The van der Waals surface area contributed by atoms with Crippen molar-refractivity contribution in [3.05, 3.63) is 0 Å². The van der Waals surface area contributed by atoms with Crippen molar-refractivity contribution in [3.8, 4) is 0 Å². The molecule has 0 atom stereocenters. The molecule has 3 heteroatoms. The number of alkyl halides is 1. The van der Waals surface area contributed by atoms with Gasteiger partial charge in [0.2, 0.25) is 0 Å². The Hall–Kier alpha value is -0.150. The zero-order chi connectivity index (χ0) is 4.83. The van der Waals surface area contributed by atoms with Crippen LogP contribution in [-0.4, -0.2) is 13.3 Å². The third kappa shape index (κ3) is 3.85. The minimum atomic E-state index is -0.350. The van der Waals surface area contributed by atoms with Gasteiger partial charge in [-0.3, -0.25) is 4.39 Å². The molecule has 0 aromatic carbocycles. The number of halogens is 1. The fourth-order valence-corrected chi connectivity index (χ4v) is 0.138. The molecule has 0 fully saturated rings. The first kappa shape index (κ1) is 5.85. The van der Waals surface area contributed by atoms with E-state index in [0.717, 1.165) is 0 Å². The van der Waals surface area contributed by atoms with E-state index in [-0.39, 0.29) is 6.67 Å². The number of hydrogen-bond acceptors (Lipinski definition) is 2. The van der Waals surface area contributed by atoms with Crippen LogP contribution in [0.4, 0.5) is 4.39 Å². The van der Waals surface area contributed by atoms with Crippen LogP contribution in [0, 0.1) is 0 Å². The fraction of sp³-hybridized carbons (Fsp3) is 1.00. The molecule has 0 bridgehead atoms. The topological polar surface area (TPSA) is 35.2 Å². The van der Waals surface area contributed by atoms with Gasteiger partial charge in [-0.25, -0.2) is 5.90 Å². The van der Waals surface area contributed by atoms with Gasteiger partial charge < -0.3 is 4.84 Å². The van der Waals surface area contributed by atoms with Crippen molar-refractivity contribution >= 4 is 0 Å². The lowest BCUT2D eigenvalue weighted by atomic mass is 10.5. The molecule has 0 saturated carbocycles. The Morgan fingerprint density at radius 3 is 2.50 bits per heavy atom. The number of nitrogens with two attached hydrogens (primary N) is 1. The molecule has 0 aliphatic carbocycles. The average molecular weight is 93.1 g/mol. The minimum Gasteiger partial charge on any atom is -0.305 e. The second-order valence-corrected chi connectivity index (χ2v) is 0.913. The Morgan fingerprint density at radius 2 is 2.33 bits per heavy atom. The van der Waals surface area contributed by atoms with E-state index in [0.29, 0.717) is 13.0 Å². The molecule has 0 aromatic heterocycles. The second kappa shape index (κ2) is 4.85. The third-order valence-corrected chi connectivity index (χ3v) is 0.396. The minimum absolute atomic E-state index is 0.316. The highest BCUT2D eigenvalue weighted by Gasteiger charge is 1.78. The van der Waals surface area contributed by atoms with E-state index in [2.05, 4.69) is 10.7 Å². The lowest BCUT2D eigenvalue weighted by molar-refractivity contribution is 0.130. The van der Waals surface area contributed by atoms with Crippen LogP contribution in [0.5, 0.6) is 0 Å². The molecule has 0 unspecified atom stereocenters. The monoisotopic (exact) mass is 93.1 g/mol. The molecule has 0 aliphatic rings. The molecule has 6 heavy (non-hydrogen) atoms. The zero-order valence-electron chi connectivity index (χ0n) is 3.48. The summed E-state index contributed by atoms with van der Waals surface area (Å²) in [6.07, 6.45) is 0.399. The van der Waals surface area contributed by atoms with Gasteiger partial charge in [0.15, 0.2) is 0 Å². The highest BCUT2D eigenvalue weighted by atomic mass is 19.1. The predicted octanol–water partition coefficient (Wildman–Crippen LogP) is 0.236. The summed E-state index contributed by atoms with van der Waals surface area (Å²) in [6.45, 7) is -0.0340. The lowest BCUT2D eigenvalue weighted by Gasteiger charge is -1.87. The van der Waals surface area contributed by atoms with Crippen LogP contribution in [0.25, 0.3) is 0 Å². The van der Waals surface area contributed by atoms with Crippen molar-refractivity contribution in [1.29, 1.82) is 0 Å². The summed E-state index contributed by atoms with van der Waals surface area (Å²) >= 11 is 0. The van der Waals surface area contributed by atoms with Crippen molar-refractivity contribution in [2.24, 2.45) is 5.90 Å². The molecule has 0 spiro atoms. The van der Waals surface area contributed by atoms with E-state index in [1.807, 2.05) is 0 Å². The van der Waals surface area contributed by atoms with Gasteiger partial charge in [-0.05, 0) is 0 Å². The molecule has 38 valence electrons. The summed E-state index contributed by atoms with van der Waals surface area (Å²) in [4.78, 5) is 4.04. The fourth-order valence-electron chi connectivity index (χ4n) is 0.138. The lowest BCUT2D eigenvalue weighted by Crippen LogP contribution is -2.00. The largest absolute Gasteiger partial charge is 0.305 e. The molecule has 0 aromatic rings. The molecular weight excluding hydrogens is 85.0 g/mol. The van der Waals surface area contributed by atoms with Gasteiger partial charge in [0.1, 0.15) is 0 Å². The standard InChI is InChI=1S/C3H8FNO/c4-2-1-3-6-5/h1-3,5H2. The molecule has 2 nitrogen and oxygen atoms in total. The summed E-state index contributed by atoms with van der Waals surface area (Å²) in [7, 11) is 0. The zero-order valence-corrected chi connectivity index (χ0v) is 3.48. The van der Waals surface area contributed by atoms with Gasteiger partial charge in [0.05, 0.1) is 13.3 Å². The van der Waals surface area contributed by atoms with Crippen molar-refractivity contribution in [3.63, 3.8) is 0 Å². The van der Waals surface area contributed by atoms with Crippen LogP contribution in [-0.2, 0) is 4.84 Å². The molecule has 0 heterocycles. The Bertz CT molecular complexity index is 22.8. The maximum Gasteiger partial charge on any atom is 0.0917 e. The highest BCUT2D eigenvalue weighted by Crippen LogP contribution is 1.76. The average Bonchev–Trinajstić information content (AvgIpc) is 1.61. The molecule has 0 saturated heterocycles. The van der Waals surface area contributed by atoms with E-state index in [9.17, 15) is 4.39 Å². The Balaban J connectivity index is 2.34. The molecular formula is C3H8FNO. The SMILES string of the molecule is NOCCCF. The first-order chi connectivity index (χ1) is 2.91. The summed E-state index contributed by atoms with van der Waals surface area (Å²) in [5.41, 5.74) is 0. The molecule has 2 N–H and O–H groups in total. The third-order valence-electron chi connectivity index (χ3n) is 0.396. The maximum atomic E-state index is 11.0. The maximum absolute atomic E-state index is 11.0. The second-order valence-electron chi connectivity index (χ2n) is 0.913. The first-order valence-electron chi connectivity index (χ1n) is 1.79. The van der Waals surface area contributed by atoms with E-state index in [1.165, 1.54) is 0 Å². The first-order valence-corrected chi connectivity index (χ1v) is 1.79. The van der Waals surface area contributed by atoms with E-state index in [4.69, 9.17) is 0 Å². The number of rotatable bonds is 3. The van der Waals surface area contributed by atoms with Crippen molar-refractivity contribution in [2.45, 2.75) is 6.42 Å². The normalized spacial score (nSPS) is 9.00. The van der Waals surface area contributed by atoms with Gasteiger partial charge in [-0.1, -0.05) is 0 Å². The Labute approximate surface area is 36.0 Å². The molecule has 0 amide bonds. The molecule has 0 radical (unpaired) electrons. The molecule has 0 aliphatic heterocycles. The quantitative estimate of drug-likeness (QED) is 0.400. The van der Waals surface area contributed by atoms with E-state index in [1.54, 1.807) is 0 Å². The van der Waals surface area contributed by atoms with Crippen LogP contribution >= 0.6 is 0 Å². The van der Waals surface area contributed by atoms with Gasteiger partial charge in [-0.15, -0.1) is 0 Å². The Morgan fingerprint density at radius 1 is 1.67 bits per heavy atom. The van der Waals surface area contributed by atoms with E-state index < -0.39 is 0 Å². The van der Waals surface area contributed by atoms with Gasteiger partial charge in [0, 0.05) is 6.42 Å². The van der Waals surface area contributed by atoms with Crippen LogP contribution in [0.2, 0.25) is 0 Å². The van der Waals surface area contributed by atoms with Crippen LogP contribution in [0.3, 0.4) is 0 Å². The summed E-state index contributed by atoms with van der Waals surface area (Å²) in [5.74, 6) is 4.55. The van der Waals surface area contributed by atoms with Crippen LogP contribution in [0.15, 0.2) is 0 Å². The Kier molecular flexibility index (Phi) is 4.73. The van der Waals surface area contributed by atoms with E-state index >= 15 is 0 Å². The van der Waals surface area contributed by atoms with Crippen LogP contribution < -0.4 is 5.90 Å². The summed E-state index contributed by atoms with van der Waals surface area (Å²) < 4.78 is 11.0. The smallest absolute Gasteiger partial charge is 0.0917 e. The predicted molar refractivity (Wildman–Crippen MR) is 20.7 cm³/mol. The van der Waals surface area contributed by atoms with Gasteiger partial charge in [0.25, 0.3) is 0 Å². The van der Waals surface area contributed by atoms with Crippen LogP contribution in [0.1, 0.15) is 6.42 Å².